The highest BCUT2D eigenvalue weighted by molar-refractivity contribution is 14.1. The van der Waals surface area contributed by atoms with Crippen molar-refractivity contribution in [2.24, 2.45) is 0 Å². The summed E-state index contributed by atoms with van der Waals surface area (Å²) in [5.74, 6) is 0.536. The van der Waals surface area contributed by atoms with Crippen LogP contribution in [0.1, 0.15) is 0 Å². The molecular formula is C11H7FIN5. The molecule has 7 heteroatoms. The first-order chi connectivity index (χ1) is 8.63. The van der Waals surface area contributed by atoms with Crippen LogP contribution in [-0.4, -0.2) is 19.9 Å². The van der Waals surface area contributed by atoms with Crippen molar-refractivity contribution in [2.75, 3.05) is 5.73 Å². The third-order valence-corrected chi connectivity index (χ3v) is 2.93. The van der Waals surface area contributed by atoms with Crippen LogP contribution in [0.25, 0.3) is 22.6 Å². The van der Waals surface area contributed by atoms with E-state index in [9.17, 15) is 4.39 Å². The average molecular weight is 355 g/mol. The van der Waals surface area contributed by atoms with Gasteiger partial charge in [-0.1, -0.05) is 12.1 Å². The van der Waals surface area contributed by atoms with Gasteiger partial charge in [-0.25, -0.2) is 19.3 Å². The molecule has 0 radical (unpaired) electrons. The van der Waals surface area contributed by atoms with E-state index in [0.29, 0.717) is 32.2 Å². The number of nitrogen functional groups attached to an aromatic ring is 1. The van der Waals surface area contributed by atoms with Gasteiger partial charge in [0.1, 0.15) is 17.2 Å². The maximum Gasteiger partial charge on any atom is 0.194 e. The van der Waals surface area contributed by atoms with Crippen molar-refractivity contribution in [1.29, 1.82) is 0 Å². The lowest BCUT2D eigenvalue weighted by molar-refractivity contribution is 0.628. The molecule has 1 aromatic carbocycles. The second-order valence-corrected chi connectivity index (χ2v) is 4.64. The Bertz CT molecular complexity index is 739. The number of benzene rings is 1. The van der Waals surface area contributed by atoms with E-state index in [-0.39, 0.29) is 5.82 Å². The molecule has 2 aromatic heterocycles. The molecule has 0 fully saturated rings. The Labute approximate surface area is 115 Å². The van der Waals surface area contributed by atoms with Crippen molar-refractivity contribution >= 4 is 39.6 Å². The normalized spacial score (nSPS) is 11.0. The highest BCUT2D eigenvalue weighted by Crippen LogP contribution is 2.22. The zero-order chi connectivity index (χ0) is 12.7. The lowest BCUT2D eigenvalue weighted by Crippen LogP contribution is -1.96. The zero-order valence-corrected chi connectivity index (χ0v) is 11.1. The number of hydrogen-bond donors (Lipinski definition) is 2. The van der Waals surface area contributed by atoms with Crippen molar-refractivity contribution in [3.63, 3.8) is 0 Å². The second kappa shape index (κ2) is 4.16. The zero-order valence-electron chi connectivity index (χ0n) is 8.98. The topological polar surface area (TPSA) is 80.5 Å². The first-order valence-electron chi connectivity index (χ1n) is 5.08. The number of aromatic amines is 1. The van der Waals surface area contributed by atoms with Gasteiger partial charge in [-0.15, -0.1) is 0 Å². The lowest BCUT2D eigenvalue weighted by Gasteiger charge is -1.95. The molecule has 0 unspecified atom stereocenters. The van der Waals surface area contributed by atoms with Crippen molar-refractivity contribution in [1.82, 2.24) is 19.9 Å². The van der Waals surface area contributed by atoms with E-state index < -0.39 is 0 Å². The third-order valence-electron chi connectivity index (χ3n) is 2.45. The van der Waals surface area contributed by atoms with Crippen LogP contribution in [0.4, 0.5) is 10.2 Å². The molecule has 0 aliphatic rings. The van der Waals surface area contributed by atoms with Crippen molar-refractivity contribution in [3.8, 4) is 11.4 Å². The maximum absolute atomic E-state index is 13.2. The molecule has 3 N–H and O–H groups in total. The van der Waals surface area contributed by atoms with Gasteiger partial charge < -0.3 is 10.7 Å². The van der Waals surface area contributed by atoms with Crippen LogP contribution in [0.2, 0.25) is 0 Å². The van der Waals surface area contributed by atoms with Gasteiger partial charge in [0.2, 0.25) is 0 Å². The fourth-order valence-electron chi connectivity index (χ4n) is 1.66. The second-order valence-electron chi connectivity index (χ2n) is 3.67. The predicted molar refractivity (Wildman–Crippen MR) is 74.2 cm³/mol. The fourth-order valence-corrected chi connectivity index (χ4v) is 2.15. The highest BCUT2D eigenvalue weighted by Gasteiger charge is 2.11. The van der Waals surface area contributed by atoms with E-state index in [0.717, 1.165) is 0 Å². The molecule has 2 heterocycles. The number of imidazole rings is 1. The van der Waals surface area contributed by atoms with Crippen LogP contribution in [-0.2, 0) is 0 Å². The Morgan fingerprint density at radius 1 is 1.22 bits per heavy atom. The number of fused-ring (bicyclic) bond motifs is 1. The molecule has 0 aliphatic carbocycles. The molecule has 90 valence electrons. The lowest BCUT2D eigenvalue weighted by atomic mass is 10.2. The number of hydrogen-bond acceptors (Lipinski definition) is 4. The minimum Gasteiger partial charge on any atom is -0.382 e. The summed E-state index contributed by atoms with van der Waals surface area (Å²) >= 11 is 1.97. The summed E-state index contributed by atoms with van der Waals surface area (Å²) < 4.78 is 13.7. The molecule has 0 aliphatic heterocycles. The number of nitrogens with one attached hydrogen (secondary N) is 1. The summed E-state index contributed by atoms with van der Waals surface area (Å²) in [4.78, 5) is 15.5. The Balaban J connectivity index is 2.22. The first kappa shape index (κ1) is 11.3. The smallest absolute Gasteiger partial charge is 0.194 e. The van der Waals surface area contributed by atoms with Gasteiger partial charge in [-0.05, 0) is 12.1 Å². The van der Waals surface area contributed by atoms with E-state index in [2.05, 4.69) is 19.9 Å². The molecule has 0 spiro atoms. The molecule has 0 bridgehead atoms. The Kier molecular flexibility index (Phi) is 2.62. The summed E-state index contributed by atoms with van der Waals surface area (Å²) in [6.45, 7) is 0. The Morgan fingerprint density at radius 2 is 2.06 bits per heavy atom. The number of H-pyrrole nitrogens is 1. The average Bonchev–Trinajstić information content (AvgIpc) is 2.73. The minimum atomic E-state index is -0.318. The van der Waals surface area contributed by atoms with Gasteiger partial charge in [0.25, 0.3) is 0 Å². The van der Waals surface area contributed by atoms with E-state index in [1.54, 1.807) is 12.1 Å². The molecule has 3 aromatic rings. The quantitative estimate of drug-likeness (QED) is 0.519. The van der Waals surface area contributed by atoms with Crippen LogP contribution in [0.3, 0.4) is 0 Å². The van der Waals surface area contributed by atoms with Gasteiger partial charge >= 0.3 is 0 Å². The molecule has 5 nitrogen and oxygen atoms in total. The first-order valence-corrected chi connectivity index (χ1v) is 6.16. The molecule has 3 rings (SSSR count). The van der Waals surface area contributed by atoms with Gasteiger partial charge in [0.15, 0.2) is 15.3 Å². The number of anilines is 1. The number of rotatable bonds is 1. The predicted octanol–water partition coefficient (Wildman–Crippen LogP) is 2.35. The highest BCUT2D eigenvalue weighted by atomic mass is 127. The van der Waals surface area contributed by atoms with Crippen molar-refractivity contribution in [2.45, 2.75) is 0 Å². The largest absolute Gasteiger partial charge is 0.382 e. The SMILES string of the molecule is Nc1nc(I)nc2nc(-c3cccc(F)c3)[nH]c12. The van der Waals surface area contributed by atoms with E-state index in [4.69, 9.17) is 5.73 Å². The summed E-state index contributed by atoms with van der Waals surface area (Å²) in [6, 6.07) is 6.15. The van der Waals surface area contributed by atoms with E-state index >= 15 is 0 Å². The van der Waals surface area contributed by atoms with Crippen LogP contribution in [0, 0.1) is 9.65 Å². The van der Waals surface area contributed by atoms with Gasteiger partial charge in [0, 0.05) is 28.2 Å². The Morgan fingerprint density at radius 3 is 2.83 bits per heavy atom. The van der Waals surface area contributed by atoms with E-state index in [1.165, 1.54) is 12.1 Å². The number of nitrogens with zero attached hydrogens (tertiary/aromatic N) is 3. The summed E-state index contributed by atoms with van der Waals surface area (Å²) in [5.41, 5.74) is 7.46. The van der Waals surface area contributed by atoms with Crippen LogP contribution in [0.5, 0.6) is 0 Å². The van der Waals surface area contributed by atoms with E-state index in [1.807, 2.05) is 22.6 Å². The molecule has 0 atom stereocenters. The third kappa shape index (κ3) is 1.90. The number of halogens is 2. The Hall–Kier alpha value is -1.77. The molecule has 0 amide bonds. The summed E-state index contributed by atoms with van der Waals surface area (Å²) in [7, 11) is 0. The molecule has 0 saturated carbocycles. The minimum absolute atomic E-state index is 0.318. The molecular weight excluding hydrogens is 348 g/mol. The standard InChI is InChI=1S/C11H7FIN5/c12-6-3-1-2-5(4-6)9-15-7-8(14)16-11(13)18-10(7)17-9/h1-4H,(H3,14,15,16,17,18). The maximum atomic E-state index is 13.2. The van der Waals surface area contributed by atoms with Gasteiger partial charge in [0.05, 0.1) is 0 Å². The van der Waals surface area contributed by atoms with Crippen molar-refractivity contribution in [3.05, 3.63) is 33.9 Å². The van der Waals surface area contributed by atoms with Crippen LogP contribution in [0.15, 0.2) is 24.3 Å². The summed E-state index contributed by atoms with van der Waals surface area (Å²) in [5, 5.41) is 0. The van der Waals surface area contributed by atoms with Gasteiger partial charge in [-0.3, -0.25) is 0 Å². The van der Waals surface area contributed by atoms with Gasteiger partial charge in [-0.2, -0.15) is 0 Å². The number of nitrogens with two attached hydrogens (primary N) is 1. The fraction of sp³-hybridized carbons (Fsp3) is 0. The summed E-state index contributed by atoms with van der Waals surface area (Å²) in [6.07, 6.45) is 0. The van der Waals surface area contributed by atoms with Crippen LogP contribution < -0.4 is 5.73 Å². The van der Waals surface area contributed by atoms with Crippen molar-refractivity contribution < 1.29 is 4.39 Å². The molecule has 18 heavy (non-hydrogen) atoms. The monoisotopic (exact) mass is 355 g/mol. The molecule has 0 saturated heterocycles. The number of aromatic nitrogens is 4. The van der Waals surface area contributed by atoms with Crippen LogP contribution >= 0.6 is 22.6 Å².